The van der Waals surface area contributed by atoms with Crippen molar-refractivity contribution in [3.05, 3.63) is 84.4 Å². The molecule has 1 saturated heterocycles. The molecule has 1 N–H and O–H groups in total. The van der Waals surface area contributed by atoms with Gasteiger partial charge in [-0.15, -0.1) is 6.58 Å². The van der Waals surface area contributed by atoms with Crippen LogP contribution < -0.4 is 0 Å². The predicted molar refractivity (Wildman–Crippen MR) is 158 cm³/mol. The number of ether oxygens (including phenoxy) is 4. The van der Waals surface area contributed by atoms with Crippen LogP contribution in [0.4, 0.5) is 0 Å². The second-order valence-corrected chi connectivity index (χ2v) is 16.8. The summed E-state index contributed by atoms with van der Waals surface area (Å²) < 4.78 is 32.1. The minimum absolute atomic E-state index is 0.249. The maximum absolute atomic E-state index is 11.4. The fourth-order valence-electron chi connectivity index (χ4n) is 5.98. The summed E-state index contributed by atoms with van der Waals surface area (Å²) >= 11 is 0. The fourth-order valence-corrected chi connectivity index (χ4v) is 11.4. The number of rotatable bonds is 15. The molecule has 0 radical (unpaired) electrons. The van der Waals surface area contributed by atoms with E-state index in [9.17, 15) is 5.11 Å². The summed E-state index contributed by atoms with van der Waals surface area (Å²) in [5.41, 5.74) is 3.32. The van der Waals surface area contributed by atoms with E-state index in [4.69, 9.17) is 23.4 Å². The van der Waals surface area contributed by atoms with E-state index in [1.807, 2.05) is 60.7 Å². The number of hydrogen-bond acceptors (Lipinski definition) is 6. The van der Waals surface area contributed by atoms with Gasteiger partial charge in [0.1, 0.15) is 24.4 Å². The third-order valence-electron chi connectivity index (χ3n) is 7.77. The van der Waals surface area contributed by atoms with Crippen LogP contribution in [0.15, 0.2) is 73.3 Å². The molecule has 0 aromatic heterocycles. The minimum atomic E-state index is -2.18. The molecule has 1 heterocycles. The summed E-state index contributed by atoms with van der Waals surface area (Å²) in [5.74, 6) is 0. The van der Waals surface area contributed by atoms with Crippen LogP contribution in [-0.4, -0.2) is 57.3 Å². The Morgan fingerprint density at radius 1 is 0.795 bits per heavy atom. The summed E-state index contributed by atoms with van der Waals surface area (Å²) in [6, 6.07) is 19.9. The Balaban J connectivity index is 1.91. The quantitative estimate of drug-likeness (QED) is 0.196. The maximum atomic E-state index is 11.4. The standard InChI is InChI=1S/C32H48O6Si/c1-8-19-34-32-29(33)31(36-21-27-17-13-10-14-18-27)30(35-20-26-15-11-9-12-16-26)28(38-32)22-37-39(23(2)3,24(4)5)25(6)7/h8-18,23-25,28-33H,1,19-22H2,2-7H3/t28-,29+,30-,31-,32+/m1/s1. The van der Waals surface area contributed by atoms with Gasteiger partial charge in [-0.25, -0.2) is 0 Å². The average molecular weight is 557 g/mol. The van der Waals surface area contributed by atoms with Crippen molar-refractivity contribution in [2.75, 3.05) is 13.2 Å². The molecular formula is C32H48O6Si. The summed E-state index contributed by atoms with van der Waals surface area (Å²) in [7, 11) is -2.18. The zero-order valence-electron chi connectivity index (χ0n) is 24.5. The third-order valence-corrected chi connectivity index (χ3v) is 13.8. The van der Waals surface area contributed by atoms with Gasteiger partial charge in [-0.05, 0) is 27.8 Å². The van der Waals surface area contributed by atoms with Crippen molar-refractivity contribution >= 4 is 8.32 Å². The molecule has 2 aromatic rings. The molecule has 1 fully saturated rings. The molecule has 0 spiro atoms. The molecule has 1 aliphatic rings. The molecular weight excluding hydrogens is 508 g/mol. The maximum Gasteiger partial charge on any atom is 0.200 e. The van der Waals surface area contributed by atoms with E-state index >= 15 is 0 Å². The number of aliphatic hydroxyl groups is 1. The Morgan fingerprint density at radius 3 is 1.74 bits per heavy atom. The molecule has 3 rings (SSSR count). The van der Waals surface area contributed by atoms with Crippen molar-refractivity contribution in [1.82, 2.24) is 0 Å². The van der Waals surface area contributed by atoms with E-state index < -0.39 is 39.0 Å². The predicted octanol–water partition coefficient (Wildman–Crippen LogP) is 6.64. The SMILES string of the molecule is C=CCO[C@H]1O[C@H](CO[Si](C(C)C)(C(C)C)C(C)C)[C@@H](OCc2ccccc2)[C@H](OCc2ccccc2)[C@@H]1O. The van der Waals surface area contributed by atoms with Crippen LogP contribution >= 0.6 is 0 Å². The van der Waals surface area contributed by atoms with Crippen molar-refractivity contribution in [2.24, 2.45) is 0 Å². The Morgan fingerprint density at radius 2 is 1.28 bits per heavy atom. The number of hydrogen-bond donors (Lipinski definition) is 1. The highest BCUT2D eigenvalue weighted by molar-refractivity contribution is 6.77. The molecule has 2 aromatic carbocycles. The smallest absolute Gasteiger partial charge is 0.200 e. The van der Waals surface area contributed by atoms with Crippen molar-refractivity contribution in [2.45, 2.75) is 102 Å². The van der Waals surface area contributed by atoms with Crippen molar-refractivity contribution < 1.29 is 28.5 Å². The molecule has 216 valence electrons. The van der Waals surface area contributed by atoms with E-state index in [0.29, 0.717) is 36.4 Å². The van der Waals surface area contributed by atoms with Gasteiger partial charge in [0, 0.05) is 0 Å². The van der Waals surface area contributed by atoms with Crippen molar-refractivity contribution in [3.8, 4) is 0 Å². The highest BCUT2D eigenvalue weighted by atomic mass is 28.4. The van der Waals surface area contributed by atoms with Crippen LogP contribution in [0.5, 0.6) is 0 Å². The number of aliphatic hydroxyl groups excluding tert-OH is 1. The van der Waals surface area contributed by atoms with Gasteiger partial charge in [-0.2, -0.15) is 0 Å². The molecule has 0 unspecified atom stereocenters. The number of benzene rings is 2. The first kappa shape index (κ1) is 31.7. The first-order valence-electron chi connectivity index (χ1n) is 14.2. The summed E-state index contributed by atoms with van der Waals surface area (Å²) in [5, 5.41) is 11.4. The Kier molecular flexibility index (Phi) is 12.4. The normalized spacial score (nSPS) is 24.0. The lowest BCUT2D eigenvalue weighted by molar-refractivity contribution is -0.314. The molecule has 1 aliphatic heterocycles. The van der Waals surface area contributed by atoms with Crippen LogP contribution in [-0.2, 0) is 36.6 Å². The van der Waals surface area contributed by atoms with Crippen LogP contribution in [0.25, 0.3) is 0 Å². The van der Waals surface area contributed by atoms with Crippen LogP contribution in [0.3, 0.4) is 0 Å². The van der Waals surface area contributed by atoms with E-state index in [1.54, 1.807) is 6.08 Å². The molecule has 6 nitrogen and oxygen atoms in total. The highest BCUT2D eigenvalue weighted by Crippen LogP contribution is 2.43. The van der Waals surface area contributed by atoms with Gasteiger partial charge < -0.3 is 28.5 Å². The lowest BCUT2D eigenvalue weighted by Crippen LogP contribution is -2.62. The van der Waals surface area contributed by atoms with Gasteiger partial charge in [0.2, 0.25) is 0 Å². The van der Waals surface area contributed by atoms with Gasteiger partial charge in [0.05, 0.1) is 26.4 Å². The lowest BCUT2D eigenvalue weighted by Gasteiger charge is -2.47. The second kappa shape index (κ2) is 15.2. The van der Waals surface area contributed by atoms with Gasteiger partial charge in [-0.3, -0.25) is 0 Å². The van der Waals surface area contributed by atoms with Crippen LogP contribution in [0.2, 0.25) is 16.6 Å². The van der Waals surface area contributed by atoms with Gasteiger partial charge in [0.25, 0.3) is 0 Å². The minimum Gasteiger partial charge on any atom is -0.413 e. The Hall–Kier alpha value is -1.84. The zero-order valence-corrected chi connectivity index (χ0v) is 25.5. The van der Waals surface area contributed by atoms with Gasteiger partial charge in [-0.1, -0.05) is 108 Å². The molecule has 39 heavy (non-hydrogen) atoms. The highest BCUT2D eigenvalue weighted by Gasteiger charge is 2.50. The van der Waals surface area contributed by atoms with Crippen LogP contribution in [0, 0.1) is 0 Å². The molecule has 0 saturated carbocycles. The fraction of sp³-hybridized carbons (Fsp3) is 0.562. The van der Waals surface area contributed by atoms with E-state index in [2.05, 4.69) is 48.1 Å². The summed E-state index contributed by atoms with van der Waals surface area (Å²) in [6.07, 6.45) is -2.02. The van der Waals surface area contributed by atoms with E-state index in [-0.39, 0.29) is 6.61 Å². The van der Waals surface area contributed by atoms with E-state index in [1.165, 1.54) is 0 Å². The largest absolute Gasteiger partial charge is 0.413 e. The van der Waals surface area contributed by atoms with Crippen molar-refractivity contribution in [3.63, 3.8) is 0 Å². The van der Waals surface area contributed by atoms with Gasteiger partial charge >= 0.3 is 0 Å². The first-order valence-corrected chi connectivity index (χ1v) is 16.4. The second-order valence-electron chi connectivity index (χ2n) is 11.3. The van der Waals surface area contributed by atoms with Gasteiger partial charge in [0.15, 0.2) is 14.6 Å². The molecule has 0 amide bonds. The summed E-state index contributed by atoms with van der Waals surface area (Å²) in [6.45, 7) is 18.6. The van der Waals surface area contributed by atoms with Crippen molar-refractivity contribution in [1.29, 1.82) is 0 Å². The first-order chi connectivity index (χ1) is 18.7. The average Bonchev–Trinajstić information content (AvgIpc) is 2.92. The molecule has 0 aliphatic carbocycles. The lowest BCUT2D eigenvalue weighted by atomic mass is 9.98. The Labute approximate surface area is 236 Å². The monoisotopic (exact) mass is 556 g/mol. The van der Waals surface area contributed by atoms with E-state index in [0.717, 1.165) is 11.1 Å². The summed E-state index contributed by atoms with van der Waals surface area (Å²) in [4.78, 5) is 0. The zero-order chi connectivity index (χ0) is 28.4. The molecule has 7 heteroatoms. The molecule has 5 atom stereocenters. The third kappa shape index (κ3) is 8.10. The Bertz CT molecular complexity index is 945. The topological polar surface area (TPSA) is 66.4 Å². The molecule has 0 bridgehead atoms. The van der Waals surface area contributed by atoms with Crippen LogP contribution in [0.1, 0.15) is 52.7 Å².